The van der Waals surface area contributed by atoms with Crippen LogP contribution in [0.3, 0.4) is 0 Å². The van der Waals surface area contributed by atoms with Gasteiger partial charge in [0, 0.05) is 42.0 Å². The highest BCUT2D eigenvalue weighted by molar-refractivity contribution is 6.00. The van der Waals surface area contributed by atoms with Crippen molar-refractivity contribution in [1.82, 2.24) is 19.3 Å². The topological polar surface area (TPSA) is 91.1 Å². The number of nitrogens with one attached hydrogen (secondary N) is 1. The standard InChI is InChI=1S/C23H13F5N4O4/c1-31-9-14(12-6-7-32(19(12)21(31)33)36-22(34)23(26,27)28)13-3-4-16-18(30-10-29-16)20(13)35-17-5-2-11(24)8-15(17)25/h2-10H,1H3,(H,29,30). The molecule has 3 aromatic heterocycles. The van der Waals surface area contributed by atoms with E-state index in [1.165, 1.54) is 25.6 Å². The van der Waals surface area contributed by atoms with Gasteiger partial charge >= 0.3 is 12.1 Å². The highest BCUT2D eigenvalue weighted by Crippen LogP contribution is 2.41. The van der Waals surface area contributed by atoms with E-state index in [4.69, 9.17) is 4.74 Å². The average Bonchev–Trinajstić information content (AvgIpc) is 3.45. The zero-order chi connectivity index (χ0) is 25.8. The minimum Gasteiger partial charge on any atom is -0.451 e. The maximum atomic E-state index is 14.4. The summed E-state index contributed by atoms with van der Waals surface area (Å²) in [7, 11) is 1.35. The molecule has 0 fully saturated rings. The third kappa shape index (κ3) is 3.83. The number of aryl methyl sites for hydroxylation is 1. The summed E-state index contributed by atoms with van der Waals surface area (Å²) < 4.78 is 73.4. The fourth-order valence-corrected chi connectivity index (χ4v) is 3.73. The third-order valence-electron chi connectivity index (χ3n) is 5.34. The second-order valence-electron chi connectivity index (χ2n) is 7.66. The minimum absolute atomic E-state index is 0.0271. The molecular formula is C23H13F5N4O4. The number of halogens is 5. The van der Waals surface area contributed by atoms with Gasteiger partial charge in [0.05, 0.1) is 11.8 Å². The molecule has 0 aliphatic rings. The van der Waals surface area contributed by atoms with Gasteiger partial charge in [-0.25, -0.2) is 18.6 Å². The third-order valence-corrected chi connectivity index (χ3v) is 5.34. The van der Waals surface area contributed by atoms with Crippen molar-refractivity contribution in [3.63, 3.8) is 0 Å². The lowest BCUT2D eigenvalue weighted by Gasteiger charge is -2.15. The van der Waals surface area contributed by atoms with Crippen LogP contribution in [-0.4, -0.2) is 31.4 Å². The Labute approximate surface area is 197 Å². The zero-order valence-corrected chi connectivity index (χ0v) is 18.1. The molecule has 0 aliphatic carbocycles. The molecule has 13 heteroatoms. The first-order valence-electron chi connectivity index (χ1n) is 10.1. The molecule has 36 heavy (non-hydrogen) atoms. The van der Waals surface area contributed by atoms with Crippen LogP contribution in [0, 0.1) is 11.6 Å². The molecule has 0 amide bonds. The van der Waals surface area contributed by atoms with Crippen LogP contribution in [0.15, 0.2) is 59.9 Å². The van der Waals surface area contributed by atoms with Crippen LogP contribution in [0.4, 0.5) is 22.0 Å². The summed E-state index contributed by atoms with van der Waals surface area (Å²) in [6.45, 7) is 0. The second kappa shape index (κ2) is 8.22. The van der Waals surface area contributed by atoms with Crippen LogP contribution in [0.2, 0.25) is 0 Å². The van der Waals surface area contributed by atoms with Crippen molar-refractivity contribution >= 4 is 27.9 Å². The van der Waals surface area contributed by atoms with Crippen LogP contribution in [0.25, 0.3) is 33.1 Å². The van der Waals surface area contributed by atoms with Crippen molar-refractivity contribution in [2.75, 3.05) is 0 Å². The molecule has 8 nitrogen and oxygen atoms in total. The van der Waals surface area contributed by atoms with Crippen LogP contribution >= 0.6 is 0 Å². The van der Waals surface area contributed by atoms with E-state index in [1.54, 1.807) is 12.1 Å². The number of carbonyl (C=O) groups excluding carboxylic acids is 1. The highest BCUT2D eigenvalue weighted by atomic mass is 19.4. The molecule has 5 rings (SSSR count). The molecule has 0 unspecified atom stereocenters. The van der Waals surface area contributed by atoms with E-state index in [0.717, 1.165) is 22.9 Å². The van der Waals surface area contributed by atoms with Gasteiger partial charge in [0.15, 0.2) is 22.8 Å². The largest absolute Gasteiger partial charge is 0.493 e. The molecule has 0 radical (unpaired) electrons. The Hall–Kier alpha value is -4.68. The number of aromatic amines is 1. The van der Waals surface area contributed by atoms with E-state index in [9.17, 15) is 31.5 Å². The number of ether oxygens (including phenoxy) is 1. The monoisotopic (exact) mass is 504 g/mol. The van der Waals surface area contributed by atoms with E-state index in [2.05, 4.69) is 14.8 Å². The number of aromatic nitrogens is 4. The summed E-state index contributed by atoms with van der Waals surface area (Å²) in [4.78, 5) is 35.6. The van der Waals surface area contributed by atoms with Crippen molar-refractivity contribution in [2.45, 2.75) is 6.18 Å². The fraction of sp³-hybridized carbons (Fsp3) is 0.0870. The van der Waals surface area contributed by atoms with Crippen LogP contribution in [-0.2, 0) is 11.8 Å². The van der Waals surface area contributed by atoms with Gasteiger partial charge < -0.3 is 19.1 Å². The molecule has 3 heterocycles. The molecule has 0 saturated heterocycles. The zero-order valence-electron chi connectivity index (χ0n) is 18.1. The first kappa shape index (κ1) is 23.1. The summed E-state index contributed by atoms with van der Waals surface area (Å²) in [6.07, 6.45) is -1.54. The molecule has 184 valence electrons. The summed E-state index contributed by atoms with van der Waals surface area (Å²) in [5.41, 5.74) is 0.223. The smallest absolute Gasteiger partial charge is 0.451 e. The number of pyridine rings is 1. The van der Waals surface area contributed by atoms with E-state index in [0.29, 0.717) is 16.3 Å². The molecule has 2 aromatic carbocycles. The number of alkyl halides is 3. The quantitative estimate of drug-likeness (QED) is 0.365. The Morgan fingerprint density at radius 3 is 2.58 bits per heavy atom. The average molecular weight is 504 g/mol. The Bertz CT molecular complexity index is 1720. The highest BCUT2D eigenvalue weighted by Gasteiger charge is 2.42. The minimum atomic E-state index is -5.29. The predicted molar refractivity (Wildman–Crippen MR) is 116 cm³/mol. The summed E-state index contributed by atoms with van der Waals surface area (Å²) in [5.74, 6) is -4.59. The van der Waals surface area contributed by atoms with Crippen LogP contribution < -0.4 is 15.1 Å². The summed E-state index contributed by atoms with van der Waals surface area (Å²) in [5, 5.41) is 0.118. The predicted octanol–water partition coefficient (Wildman–Crippen LogP) is 4.47. The van der Waals surface area contributed by atoms with E-state index >= 15 is 0 Å². The first-order valence-corrected chi connectivity index (χ1v) is 10.1. The molecular weight excluding hydrogens is 491 g/mol. The maximum absolute atomic E-state index is 14.4. The molecule has 5 aromatic rings. The van der Waals surface area contributed by atoms with Crippen molar-refractivity contribution in [3.05, 3.63) is 77.1 Å². The van der Waals surface area contributed by atoms with Gasteiger partial charge in [-0.2, -0.15) is 17.9 Å². The summed E-state index contributed by atoms with van der Waals surface area (Å²) >= 11 is 0. The molecule has 0 saturated carbocycles. The summed E-state index contributed by atoms with van der Waals surface area (Å²) in [6, 6.07) is 7.20. The van der Waals surface area contributed by atoms with Gasteiger partial charge in [-0.05, 0) is 30.3 Å². The van der Waals surface area contributed by atoms with Crippen molar-refractivity contribution in [3.8, 4) is 22.6 Å². The number of rotatable bonds is 4. The number of hydrogen-bond donors (Lipinski definition) is 1. The van der Waals surface area contributed by atoms with E-state index < -0.39 is 29.3 Å². The lowest BCUT2D eigenvalue weighted by Crippen LogP contribution is -2.34. The van der Waals surface area contributed by atoms with Gasteiger partial charge in [0.2, 0.25) is 0 Å². The SMILES string of the molecule is Cn1cc(-c2ccc3[nH]cnc3c2Oc2ccc(F)cc2F)c2ccn(OC(=O)C(F)(F)F)c2c1=O. The number of imidazole rings is 1. The molecule has 1 N–H and O–H groups in total. The number of H-pyrrole nitrogens is 1. The van der Waals surface area contributed by atoms with Crippen LogP contribution in [0.5, 0.6) is 11.5 Å². The fourth-order valence-electron chi connectivity index (χ4n) is 3.73. The number of nitrogens with zero attached hydrogens (tertiary/aromatic N) is 3. The van der Waals surface area contributed by atoms with Crippen molar-refractivity contribution in [1.29, 1.82) is 0 Å². The van der Waals surface area contributed by atoms with Crippen LogP contribution in [0.1, 0.15) is 0 Å². The Morgan fingerprint density at radius 2 is 1.86 bits per heavy atom. The second-order valence-corrected chi connectivity index (χ2v) is 7.66. The lowest BCUT2D eigenvalue weighted by atomic mass is 10.0. The molecule has 0 spiro atoms. The van der Waals surface area contributed by atoms with E-state index in [-0.39, 0.29) is 39.0 Å². The lowest BCUT2D eigenvalue weighted by molar-refractivity contribution is -0.199. The normalized spacial score (nSPS) is 11.8. The number of fused-ring (bicyclic) bond motifs is 2. The van der Waals surface area contributed by atoms with Gasteiger partial charge in [0.1, 0.15) is 11.3 Å². The number of carbonyl (C=O) groups is 1. The van der Waals surface area contributed by atoms with Crippen molar-refractivity contribution in [2.24, 2.45) is 7.05 Å². The Kier molecular flexibility index (Phi) is 5.27. The van der Waals surface area contributed by atoms with Gasteiger partial charge in [0.25, 0.3) is 5.56 Å². The molecule has 0 bridgehead atoms. The maximum Gasteiger partial charge on any atom is 0.493 e. The van der Waals surface area contributed by atoms with Gasteiger partial charge in [-0.3, -0.25) is 4.79 Å². The van der Waals surface area contributed by atoms with Gasteiger partial charge in [-0.1, -0.05) is 0 Å². The molecule has 0 aliphatic heterocycles. The Morgan fingerprint density at radius 1 is 1.08 bits per heavy atom. The van der Waals surface area contributed by atoms with Gasteiger partial charge in [-0.15, -0.1) is 0 Å². The number of hydrogen-bond acceptors (Lipinski definition) is 5. The number of benzene rings is 2. The van der Waals surface area contributed by atoms with E-state index in [1.807, 2.05) is 0 Å². The van der Waals surface area contributed by atoms with Crippen molar-refractivity contribution < 1.29 is 36.3 Å². The molecule has 0 atom stereocenters. The Balaban J connectivity index is 1.73. The first-order chi connectivity index (χ1) is 17.0.